The summed E-state index contributed by atoms with van der Waals surface area (Å²) in [5.41, 5.74) is 1.88. The lowest BCUT2D eigenvalue weighted by Gasteiger charge is -2.44. The van der Waals surface area contributed by atoms with Gasteiger partial charge in [-0.3, -0.25) is 0 Å². The molecule has 3 heterocycles. The van der Waals surface area contributed by atoms with E-state index in [0.29, 0.717) is 6.61 Å². The fraction of sp³-hybridized carbons (Fsp3) is 0.625. The fourth-order valence-corrected chi connectivity index (χ4v) is 5.16. The average Bonchev–Trinajstić information content (AvgIpc) is 3.24. The Morgan fingerprint density at radius 2 is 2.07 bits per heavy atom. The highest BCUT2D eigenvalue weighted by atomic mass is 16.5. The first kappa shape index (κ1) is 20.4. The van der Waals surface area contributed by atoms with Crippen molar-refractivity contribution in [2.24, 2.45) is 5.92 Å². The number of aryl methyl sites for hydroxylation is 1. The highest BCUT2D eigenvalue weighted by Crippen LogP contribution is 2.33. The van der Waals surface area contributed by atoms with E-state index in [1.54, 1.807) is 0 Å². The maximum atomic E-state index is 9.78. The Kier molecular flexibility index (Phi) is 6.88. The molecule has 4 rings (SSSR count). The van der Waals surface area contributed by atoms with Gasteiger partial charge in [-0.1, -0.05) is 13.3 Å². The Bertz CT molecular complexity index is 786. The lowest BCUT2D eigenvalue weighted by molar-refractivity contribution is 0.0539. The van der Waals surface area contributed by atoms with Crippen molar-refractivity contribution in [3.05, 3.63) is 36.2 Å². The summed E-state index contributed by atoms with van der Waals surface area (Å²) >= 11 is 0. The fourth-order valence-electron chi connectivity index (χ4n) is 5.16. The number of fused-ring (bicyclic) bond motifs is 1. The third kappa shape index (κ3) is 4.67. The number of nitrogens with zero attached hydrogens (tertiary/aromatic N) is 3. The van der Waals surface area contributed by atoms with Gasteiger partial charge in [0.15, 0.2) is 0 Å². The van der Waals surface area contributed by atoms with Crippen LogP contribution in [0.15, 0.2) is 30.6 Å². The number of piperidine rings is 2. The van der Waals surface area contributed by atoms with Crippen LogP contribution in [0.25, 0.3) is 11.4 Å². The van der Waals surface area contributed by atoms with Gasteiger partial charge in [0.2, 0.25) is 0 Å². The normalized spacial score (nSPS) is 22.4. The predicted molar refractivity (Wildman–Crippen MR) is 116 cm³/mol. The molecule has 2 aliphatic rings. The van der Waals surface area contributed by atoms with E-state index in [1.807, 2.05) is 18.3 Å². The van der Waals surface area contributed by atoms with Gasteiger partial charge < -0.3 is 19.3 Å². The molecule has 0 aliphatic carbocycles. The smallest absolute Gasteiger partial charge is 0.139 e. The molecule has 29 heavy (non-hydrogen) atoms. The molecule has 1 N–H and O–H groups in total. The molecule has 2 atom stereocenters. The largest absolute Gasteiger partial charge is 0.493 e. The van der Waals surface area contributed by atoms with E-state index in [4.69, 9.17) is 4.74 Å². The summed E-state index contributed by atoms with van der Waals surface area (Å²) in [6.45, 7) is 6.34. The molecule has 0 bridgehead atoms. The molecule has 0 spiro atoms. The molecule has 5 heteroatoms. The molecule has 1 aromatic heterocycles. The van der Waals surface area contributed by atoms with E-state index in [1.165, 1.54) is 51.6 Å². The molecule has 2 aliphatic heterocycles. The summed E-state index contributed by atoms with van der Waals surface area (Å²) in [4.78, 5) is 7.37. The monoisotopic (exact) mass is 397 g/mol. The van der Waals surface area contributed by atoms with Crippen LogP contribution >= 0.6 is 0 Å². The molecule has 0 unspecified atom stereocenters. The number of aromatic nitrogens is 2. The summed E-state index contributed by atoms with van der Waals surface area (Å²) in [6.07, 6.45) is 13.0. The number of aliphatic hydroxyl groups excluding tert-OH is 1. The van der Waals surface area contributed by atoms with E-state index in [2.05, 4.69) is 33.6 Å². The van der Waals surface area contributed by atoms with Crippen LogP contribution in [-0.4, -0.2) is 45.3 Å². The second-order valence-electron chi connectivity index (χ2n) is 8.56. The Morgan fingerprint density at radius 3 is 2.93 bits per heavy atom. The van der Waals surface area contributed by atoms with Crippen LogP contribution in [-0.2, 0) is 13.2 Å². The first-order valence-electron chi connectivity index (χ1n) is 11.4. The van der Waals surface area contributed by atoms with E-state index >= 15 is 0 Å². The summed E-state index contributed by atoms with van der Waals surface area (Å²) in [7, 11) is 0. The minimum Gasteiger partial charge on any atom is -0.493 e. The van der Waals surface area contributed by atoms with Crippen molar-refractivity contribution in [3.63, 3.8) is 0 Å². The first-order chi connectivity index (χ1) is 14.3. The van der Waals surface area contributed by atoms with Crippen LogP contribution < -0.4 is 4.74 Å². The van der Waals surface area contributed by atoms with Gasteiger partial charge in [-0.2, -0.15) is 0 Å². The summed E-state index contributed by atoms with van der Waals surface area (Å²) in [5.74, 6) is 2.56. The molecule has 2 fully saturated rings. The quantitative estimate of drug-likeness (QED) is 0.713. The van der Waals surface area contributed by atoms with Crippen molar-refractivity contribution in [2.75, 3.05) is 19.7 Å². The zero-order valence-electron chi connectivity index (χ0n) is 17.7. The Labute approximate surface area is 174 Å². The Balaban J connectivity index is 1.46. The van der Waals surface area contributed by atoms with Crippen molar-refractivity contribution in [1.29, 1.82) is 0 Å². The summed E-state index contributed by atoms with van der Waals surface area (Å²) < 4.78 is 8.05. The van der Waals surface area contributed by atoms with Gasteiger partial charge in [0.05, 0.1) is 13.2 Å². The number of imidazole rings is 1. The topological polar surface area (TPSA) is 50.5 Å². The zero-order chi connectivity index (χ0) is 20.1. The first-order valence-corrected chi connectivity index (χ1v) is 11.4. The van der Waals surface area contributed by atoms with Crippen LogP contribution in [0.2, 0.25) is 0 Å². The molecule has 2 saturated heterocycles. The number of rotatable bonds is 8. The lowest BCUT2D eigenvalue weighted by atomic mass is 9.81. The Morgan fingerprint density at radius 1 is 1.17 bits per heavy atom. The summed E-state index contributed by atoms with van der Waals surface area (Å²) in [6, 6.07) is 6.84. The number of hydrogen-bond acceptors (Lipinski definition) is 4. The van der Waals surface area contributed by atoms with Crippen molar-refractivity contribution in [1.82, 2.24) is 14.5 Å². The maximum absolute atomic E-state index is 9.78. The third-order valence-corrected chi connectivity index (χ3v) is 6.64. The molecule has 5 nitrogen and oxygen atoms in total. The molecule has 1 aromatic carbocycles. The minimum atomic E-state index is -0.0206. The average molecular weight is 398 g/mol. The van der Waals surface area contributed by atoms with Crippen LogP contribution in [0, 0.1) is 5.92 Å². The number of ether oxygens (including phenoxy) is 1. The van der Waals surface area contributed by atoms with Crippen molar-refractivity contribution in [2.45, 2.75) is 71.1 Å². The van der Waals surface area contributed by atoms with Crippen molar-refractivity contribution in [3.8, 4) is 17.1 Å². The van der Waals surface area contributed by atoms with Gasteiger partial charge in [-0.25, -0.2) is 4.98 Å². The van der Waals surface area contributed by atoms with Gasteiger partial charge in [0.1, 0.15) is 11.6 Å². The van der Waals surface area contributed by atoms with Gasteiger partial charge in [0.25, 0.3) is 0 Å². The number of hydrogen-bond donors (Lipinski definition) is 1. The number of benzene rings is 1. The second-order valence-corrected chi connectivity index (χ2v) is 8.56. The van der Waals surface area contributed by atoms with Crippen LogP contribution in [0.4, 0.5) is 0 Å². The molecule has 158 valence electrons. The van der Waals surface area contributed by atoms with Crippen molar-refractivity contribution >= 4 is 0 Å². The molecular weight excluding hydrogens is 362 g/mol. The molecule has 0 saturated carbocycles. The van der Waals surface area contributed by atoms with Gasteiger partial charge in [0, 0.05) is 36.1 Å². The number of aliphatic hydroxyl groups is 1. The molecule has 0 amide bonds. The SMILES string of the molecule is CCCOc1ccc(-c2nccn2CC[C@@H]2CCCN3CCCC[C@H]23)cc1CO. The standard InChI is InChI=1S/C24H35N3O2/c1-2-16-29-23-9-8-20(17-21(23)18-28)24-25-11-15-27(24)14-10-19-6-5-13-26-12-4-3-7-22(19)26/h8-9,11,15,17,19,22,28H,2-7,10,12-14,16,18H2,1H3/t19-,22+/m0/s1. The summed E-state index contributed by atoms with van der Waals surface area (Å²) in [5, 5.41) is 9.78. The van der Waals surface area contributed by atoms with Crippen LogP contribution in [0.5, 0.6) is 5.75 Å². The minimum absolute atomic E-state index is 0.0206. The molecule has 2 aromatic rings. The van der Waals surface area contributed by atoms with Crippen molar-refractivity contribution < 1.29 is 9.84 Å². The van der Waals surface area contributed by atoms with Gasteiger partial charge in [-0.15, -0.1) is 0 Å². The van der Waals surface area contributed by atoms with Crippen LogP contribution in [0.3, 0.4) is 0 Å². The van der Waals surface area contributed by atoms with E-state index in [9.17, 15) is 5.11 Å². The van der Waals surface area contributed by atoms with Gasteiger partial charge in [-0.05, 0) is 75.7 Å². The van der Waals surface area contributed by atoms with E-state index in [-0.39, 0.29) is 6.61 Å². The van der Waals surface area contributed by atoms with Crippen LogP contribution in [0.1, 0.15) is 57.4 Å². The predicted octanol–water partition coefficient (Wildman–Crippen LogP) is 4.49. The molecular formula is C24H35N3O2. The van der Waals surface area contributed by atoms with Gasteiger partial charge >= 0.3 is 0 Å². The highest BCUT2D eigenvalue weighted by Gasteiger charge is 2.32. The van der Waals surface area contributed by atoms with E-state index in [0.717, 1.165) is 47.6 Å². The third-order valence-electron chi connectivity index (χ3n) is 6.64. The Hall–Kier alpha value is -1.85. The molecule has 0 radical (unpaired) electrons. The maximum Gasteiger partial charge on any atom is 0.139 e. The van der Waals surface area contributed by atoms with E-state index < -0.39 is 0 Å². The highest BCUT2D eigenvalue weighted by molar-refractivity contribution is 5.59. The lowest BCUT2D eigenvalue weighted by Crippen LogP contribution is -2.48. The second kappa shape index (κ2) is 9.77. The zero-order valence-corrected chi connectivity index (χ0v) is 17.7.